The fraction of sp³-hybridized carbons (Fsp3) is 0.632. The summed E-state index contributed by atoms with van der Waals surface area (Å²) in [5.74, 6) is 0.988. The molecule has 27 heavy (non-hydrogen) atoms. The lowest BCUT2D eigenvalue weighted by molar-refractivity contribution is -0.132. The zero-order valence-corrected chi connectivity index (χ0v) is 15.8. The molecule has 8 nitrogen and oxygen atoms in total. The number of ether oxygens (including phenoxy) is 1. The van der Waals surface area contributed by atoms with E-state index in [-0.39, 0.29) is 11.8 Å². The van der Waals surface area contributed by atoms with Gasteiger partial charge in [-0.05, 0) is 37.7 Å². The number of fused-ring (bicyclic) bond motifs is 1. The number of amides is 1. The van der Waals surface area contributed by atoms with Gasteiger partial charge in [0, 0.05) is 44.4 Å². The third-order valence-corrected chi connectivity index (χ3v) is 5.28. The van der Waals surface area contributed by atoms with Gasteiger partial charge in [-0.3, -0.25) is 4.79 Å². The zero-order valence-electron chi connectivity index (χ0n) is 15.8. The van der Waals surface area contributed by atoms with Crippen LogP contribution in [0.4, 0.5) is 0 Å². The van der Waals surface area contributed by atoms with Crippen LogP contribution in [0.3, 0.4) is 0 Å². The molecule has 0 spiro atoms. The minimum atomic E-state index is 0.128. The minimum absolute atomic E-state index is 0.128. The third kappa shape index (κ3) is 4.32. The van der Waals surface area contributed by atoms with Crippen molar-refractivity contribution in [3.8, 4) is 0 Å². The summed E-state index contributed by atoms with van der Waals surface area (Å²) in [6.45, 7) is 5.47. The van der Waals surface area contributed by atoms with Crippen LogP contribution in [0.2, 0.25) is 0 Å². The van der Waals surface area contributed by atoms with E-state index in [4.69, 9.17) is 4.74 Å². The van der Waals surface area contributed by atoms with Crippen molar-refractivity contribution >= 4 is 5.91 Å². The Morgan fingerprint density at radius 3 is 2.81 bits per heavy atom. The van der Waals surface area contributed by atoms with Crippen molar-refractivity contribution in [2.45, 2.75) is 51.6 Å². The third-order valence-electron chi connectivity index (χ3n) is 5.28. The van der Waals surface area contributed by atoms with Crippen LogP contribution in [0.1, 0.15) is 49.1 Å². The van der Waals surface area contributed by atoms with E-state index >= 15 is 0 Å². The van der Waals surface area contributed by atoms with Gasteiger partial charge in [-0.1, -0.05) is 5.21 Å². The number of carbonyl (C=O) groups excluding carboxylic acids is 1. The molecule has 144 valence electrons. The first-order valence-electron chi connectivity index (χ1n) is 9.76. The van der Waals surface area contributed by atoms with Gasteiger partial charge in [0.2, 0.25) is 5.91 Å². The summed E-state index contributed by atoms with van der Waals surface area (Å²) in [6, 6.07) is 0. The highest BCUT2D eigenvalue weighted by Crippen LogP contribution is 2.31. The molecule has 1 amide bonds. The lowest BCUT2D eigenvalue weighted by Gasteiger charge is -2.32. The Labute approximate surface area is 158 Å². The topological polar surface area (TPSA) is 86.0 Å². The molecular weight excluding hydrogens is 344 g/mol. The SMILES string of the molecule is CCn1nnc2c1C(COCC1CC1)CN(C(=O)CCc1cncnc1)C2. The van der Waals surface area contributed by atoms with Crippen molar-refractivity contribution in [2.75, 3.05) is 19.8 Å². The van der Waals surface area contributed by atoms with Gasteiger partial charge in [-0.15, -0.1) is 5.10 Å². The molecule has 0 aromatic carbocycles. The first-order chi connectivity index (χ1) is 13.2. The smallest absolute Gasteiger partial charge is 0.223 e. The Bertz CT molecular complexity index is 774. The van der Waals surface area contributed by atoms with Crippen molar-refractivity contribution in [1.82, 2.24) is 29.9 Å². The number of carbonyl (C=O) groups is 1. The summed E-state index contributed by atoms with van der Waals surface area (Å²) < 4.78 is 7.90. The molecule has 1 unspecified atom stereocenters. The number of aryl methyl sites for hydroxylation is 2. The summed E-state index contributed by atoms with van der Waals surface area (Å²) in [7, 11) is 0. The Balaban J connectivity index is 1.41. The van der Waals surface area contributed by atoms with Crippen molar-refractivity contribution in [1.29, 1.82) is 0 Å². The molecule has 2 aromatic rings. The molecule has 1 atom stereocenters. The number of hydrogen-bond acceptors (Lipinski definition) is 6. The van der Waals surface area contributed by atoms with E-state index in [1.54, 1.807) is 12.4 Å². The van der Waals surface area contributed by atoms with Crippen LogP contribution in [0.25, 0.3) is 0 Å². The van der Waals surface area contributed by atoms with Crippen molar-refractivity contribution in [3.63, 3.8) is 0 Å². The van der Waals surface area contributed by atoms with Gasteiger partial charge < -0.3 is 9.64 Å². The van der Waals surface area contributed by atoms with Gasteiger partial charge in [0.1, 0.15) is 12.0 Å². The molecule has 1 aliphatic heterocycles. The molecule has 2 aliphatic rings. The van der Waals surface area contributed by atoms with Crippen LogP contribution < -0.4 is 0 Å². The number of rotatable bonds is 8. The van der Waals surface area contributed by atoms with Crippen LogP contribution >= 0.6 is 0 Å². The van der Waals surface area contributed by atoms with E-state index in [0.29, 0.717) is 32.5 Å². The minimum Gasteiger partial charge on any atom is -0.380 e. The van der Waals surface area contributed by atoms with E-state index in [2.05, 4.69) is 27.2 Å². The Hall–Kier alpha value is -2.35. The van der Waals surface area contributed by atoms with E-state index in [1.807, 2.05) is 9.58 Å². The molecule has 1 aliphatic carbocycles. The number of hydrogen-bond donors (Lipinski definition) is 0. The maximum atomic E-state index is 12.8. The van der Waals surface area contributed by atoms with Gasteiger partial charge in [0.25, 0.3) is 0 Å². The van der Waals surface area contributed by atoms with Crippen LogP contribution in [-0.4, -0.2) is 55.5 Å². The van der Waals surface area contributed by atoms with Crippen molar-refractivity contribution in [2.24, 2.45) is 5.92 Å². The molecule has 4 rings (SSSR count). The van der Waals surface area contributed by atoms with E-state index in [9.17, 15) is 4.79 Å². The lowest BCUT2D eigenvalue weighted by atomic mass is 9.98. The molecular formula is C19H26N6O2. The normalized spacial score (nSPS) is 19.1. The molecule has 2 aromatic heterocycles. The first-order valence-corrected chi connectivity index (χ1v) is 9.76. The fourth-order valence-corrected chi connectivity index (χ4v) is 3.60. The Kier molecular flexibility index (Phi) is 5.42. The predicted octanol–water partition coefficient (Wildman–Crippen LogP) is 1.57. The average Bonchev–Trinajstić information content (AvgIpc) is 3.43. The zero-order chi connectivity index (χ0) is 18.6. The second kappa shape index (κ2) is 8.12. The molecule has 0 bridgehead atoms. The standard InChI is InChI=1S/C19H26N6O2/c1-2-25-19-16(12-27-11-14-3-4-14)9-24(10-17(19)22-23-25)18(26)6-5-15-7-20-13-21-8-15/h7-8,13-14,16H,2-6,9-12H2,1H3. The van der Waals surface area contributed by atoms with Crippen molar-refractivity contribution in [3.05, 3.63) is 35.7 Å². The highest BCUT2D eigenvalue weighted by atomic mass is 16.5. The van der Waals surface area contributed by atoms with Gasteiger partial charge in [0.15, 0.2) is 0 Å². The second-order valence-corrected chi connectivity index (χ2v) is 7.44. The Morgan fingerprint density at radius 1 is 1.26 bits per heavy atom. The maximum Gasteiger partial charge on any atom is 0.223 e. The summed E-state index contributed by atoms with van der Waals surface area (Å²) in [5, 5.41) is 8.59. The molecule has 0 N–H and O–H groups in total. The lowest BCUT2D eigenvalue weighted by Crippen LogP contribution is -2.40. The summed E-state index contributed by atoms with van der Waals surface area (Å²) in [5.41, 5.74) is 3.01. The Morgan fingerprint density at radius 2 is 2.07 bits per heavy atom. The molecule has 1 fully saturated rings. The number of aromatic nitrogens is 5. The number of nitrogens with zero attached hydrogens (tertiary/aromatic N) is 6. The van der Waals surface area contributed by atoms with E-state index < -0.39 is 0 Å². The fourth-order valence-electron chi connectivity index (χ4n) is 3.60. The summed E-state index contributed by atoms with van der Waals surface area (Å²) >= 11 is 0. The summed E-state index contributed by atoms with van der Waals surface area (Å²) in [4.78, 5) is 22.7. The van der Waals surface area contributed by atoms with Crippen LogP contribution in [0.5, 0.6) is 0 Å². The highest BCUT2D eigenvalue weighted by molar-refractivity contribution is 5.76. The molecule has 3 heterocycles. The molecule has 8 heteroatoms. The second-order valence-electron chi connectivity index (χ2n) is 7.44. The molecule has 1 saturated carbocycles. The van der Waals surface area contributed by atoms with Gasteiger partial charge in [-0.2, -0.15) is 0 Å². The van der Waals surface area contributed by atoms with Crippen LogP contribution in [0.15, 0.2) is 18.7 Å². The molecule has 0 radical (unpaired) electrons. The molecule has 0 saturated heterocycles. The largest absolute Gasteiger partial charge is 0.380 e. The van der Waals surface area contributed by atoms with Crippen LogP contribution in [0, 0.1) is 5.92 Å². The highest BCUT2D eigenvalue weighted by Gasteiger charge is 2.33. The van der Waals surface area contributed by atoms with Gasteiger partial charge in [-0.25, -0.2) is 14.6 Å². The summed E-state index contributed by atoms with van der Waals surface area (Å²) in [6.07, 6.45) is 8.66. The van der Waals surface area contributed by atoms with Gasteiger partial charge in [0.05, 0.1) is 18.8 Å². The first kappa shape index (κ1) is 18.0. The van der Waals surface area contributed by atoms with Crippen molar-refractivity contribution < 1.29 is 9.53 Å². The quantitative estimate of drug-likeness (QED) is 0.701. The van der Waals surface area contributed by atoms with E-state index in [1.165, 1.54) is 19.2 Å². The predicted molar refractivity (Wildman–Crippen MR) is 97.8 cm³/mol. The average molecular weight is 370 g/mol. The van der Waals surface area contributed by atoms with Gasteiger partial charge >= 0.3 is 0 Å². The van der Waals surface area contributed by atoms with E-state index in [0.717, 1.165) is 36.0 Å². The van der Waals surface area contributed by atoms with Crippen LogP contribution in [-0.2, 0) is 29.0 Å². The maximum absolute atomic E-state index is 12.8. The monoisotopic (exact) mass is 370 g/mol.